The van der Waals surface area contributed by atoms with Crippen molar-refractivity contribution in [2.75, 3.05) is 33.2 Å². The number of likely N-dealkylation sites (N-methyl/N-ethyl adjacent to an activating group) is 1. The van der Waals surface area contributed by atoms with Gasteiger partial charge in [0.15, 0.2) is 5.78 Å². The number of hydrogen-bond acceptors (Lipinski definition) is 8. The van der Waals surface area contributed by atoms with E-state index in [9.17, 15) is 14.4 Å². The molecule has 0 radical (unpaired) electrons. The zero-order chi connectivity index (χ0) is 32.1. The van der Waals surface area contributed by atoms with Crippen molar-refractivity contribution >= 4 is 23.7 Å². The third-order valence-electron chi connectivity index (χ3n) is 7.38. The molecule has 2 atom stereocenters. The highest BCUT2D eigenvalue weighted by atomic mass is 16.6. The Balaban J connectivity index is 0.000000317. The van der Waals surface area contributed by atoms with Crippen LogP contribution in [0.3, 0.4) is 0 Å². The minimum Gasteiger partial charge on any atom is -0.489 e. The Morgan fingerprint density at radius 2 is 1.68 bits per heavy atom. The Morgan fingerprint density at radius 1 is 1.00 bits per heavy atom. The molecule has 4 rings (SSSR count). The van der Waals surface area contributed by atoms with E-state index in [-0.39, 0.29) is 17.9 Å². The molecule has 2 fully saturated rings. The molecule has 44 heavy (non-hydrogen) atoms. The topological polar surface area (TPSA) is 109 Å². The summed E-state index contributed by atoms with van der Waals surface area (Å²) in [4.78, 5) is 35.6. The number of carbonyl (C=O) groups excluding carboxylic acids is 3. The molecule has 2 heterocycles. The fourth-order valence-electron chi connectivity index (χ4n) is 4.91. The van der Waals surface area contributed by atoms with Gasteiger partial charge in [-0.15, -0.1) is 0 Å². The highest BCUT2D eigenvalue weighted by Crippen LogP contribution is 2.20. The van der Waals surface area contributed by atoms with Gasteiger partial charge >= 0.3 is 6.09 Å². The number of carbonyl (C=O) groups is 3. The van der Waals surface area contributed by atoms with E-state index < -0.39 is 5.60 Å². The molecule has 2 aromatic rings. The van der Waals surface area contributed by atoms with Crippen LogP contribution in [-0.4, -0.2) is 74.0 Å². The van der Waals surface area contributed by atoms with Crippen molar-refractivity contribution < 1.29 is 23.9 Å². The van der Waals surface area contributed by atoms with Gasteiger partial charge in [-0.2, -0.15) is 0 Å². The predicted octanol–water partition coefficient (Wildman–Crippen LogP) is 5.12. The Hall–Kier alpha value is -3.95. The zero-order valence-electron chi connectivity index (χ0n) is 26.6. The molecule has 0 spiro atoms. The van der Waals surface area contributed by atoms with Crippen LogP contribution in [0.15, 0.2) is 67.4 Å². The molecule has 9 heteroatoms. The van der Waals surface area contributed by atoms with Crippen LogP contribution in [0.25, 0.3) is 5.57 Å². The third-order valence-corrected chi connectivity index (χ3v) is 7.38. The van der Waals surface area contributed by atoms with Gasteiger partial charge in [0.05, 0.1) is 12.6 Å². The molecule has 0 aromatic heterocycles. The van der Waals surface area contributed by atoms with Gasteiger partial charge in [-0.05, 0) is 101 Å². The van der Waals surface area contributed by atoms with Gasteiger partial charge in [0, 0.05) is 30.4 Å². The average molecular weight is 605 g/mol. The first-order chi connectivity index (χ1) is 21.0. The molecule has 2 unspecified atom stereocenters. The van der Waals surface area contributed by atoms with Crippen LogP contribution in [-0.2, 0) is 16.1 Å². The van der Waals surface area contributed by atoms with Crippen molar-refractivity contribution in [1.29, 1.82) is 0 Å². The number of aldehydes is 1. The number of rotatable bonds is 12. The van der Waals surface area contributed by atoms with Crippen molar-refractivity contribution in [2.45, 2.75) is 70.7 Å². The van der Waals surface area contributed by atoms with Crippen molar-refractivity contribution in [3.63, 3.8) is 0 Å². The predicted molar refractivity (Wildman–Crippen MR) is 175 cm³/mol. The third kappa shape index (κ3) is 11.0. The van der Waals surface area contributed by atoms with E-state index in [0.29, 0.717) is 37.8 Å². The van der Waals surface area contributed by atoms with Gasteiger partial charge in [0.2, 0.25) is 0 Å². The van der Waals surface area contributed by atoms with Crippen molar-refractivity contribution in [3.8, 4) is 5.75 Å². The molecule has 3 N–H and O–H groups in total. The fourth-order valence-corrected chi connectivity index (χ4v) is 4.91. The second-order valence-electron chi connectivity index (χ2n) is 12.1. The SMILES string of the molecule is C=C(CNC(=C)C1CCCN1)c1ccc(COc2ccc(C(=O)CNC)cc2)cc1.CC(C)(C)OC(=O)N1CCCC1C=O. The van der Waals surface area contributed by atoms with Crippen LogP contribution < -0.4 is 20.7 Å². The van der Waals surface area contributed by atoms with E-state index >= 15 is 0 Å². The van der Waals surface area contributed by atoms with E-state index in [4.69, 9.17) is 9.47 Å². The maximum atomic E-state index is 11.8. The van der Waals surface area contributed by atoms with E-state index in [1.165, 1.54) is 11.3 Å². The molecule has 1 amide bonds. The average Bonchev–Trinajstić information content (AvgIpc) is 3.72. The van der Waals surface area contributed by atoms with Crippen LogP contribution in [0.5, 0.6) is 5.75 Å². The number of nitrogens with one attached hydrogen (secondary N) is 3. The zero-order valence-corrected chi connectivity index (χ0v) is 26.6. The van der Waals surface area contributed by atoms with E-state index in [1.54, 1.807) is 19.2 Å². The molecule has 238 valence electrons. The number of nitrogens with zero attached hydrogens (tertiary/aromatic N) is 1. The van der Waals surface area contributed by atoms with Crippen LogP contribution in [0.4, 0.5) is 4.79 Å². The highest BCUT2D eigenvalue weighted by Gasteiger charge is 2.31. The number of ether oxygens (including phenoxy) is 2. The van der Waals surface area contributed by atoms with Gasteiger partial charge in [0.1, 0.15) is 24.2 Å². The molecule has 2 aliphatic rings. The number of hydrogen-bond donors (Lipinski definition) is 3. The lowest BCUT2D eigenvalue weighted by molar-refractivity contribution is -0.111. The van der Waals surface area contributed by atoms with Crippen molar-refractivity contribution in [2.24, 2.45) is 0 Å². The van der Waals surface area contributed by atoms with E-state index in [2.05, 4.69) is 53.4 Å². The highest BCUT2D eigenvalue weighted by molar-refractivity contribution is 5.97. The molecule has 9 nitrogen and oxygen atoms in total. The lowest BCUT2D eigenvalue weighted by atomic mass is 10.1. The molecule has 2 saturated heterocycles. The molecule has 0 aliphatic carbocycles. The minimum atomic E-state index is -0.493. The van der Waals surface area contributed by atoms with Crippen LogP contribution in [0.1, 0.15) is 67.9 Å². The van der Waals surface area contributed by atoms with Crippen LogP contribution >= 0.6 is 0 Å². The molecule has 2 aliphatic heterocycles. The summed E-state index contributed by atoms with van der Waals surface area (Å²) in [7, 11) is 1.76. The fraction of sp³-hybridized carbons (Fsp3) is 0.457. The Bertz CT molecular complexity index is 1260. The summed E-state index contributed by atoms with van der Waals surface area (Å²) in [5, 5.41) is 9.71. The maximum Gasteiger partial charge on any atom is 0.410 e. The standard InChI is InChI=1S/C25H31N3O2.C10H17NO3/c1-18(15-28-19(2)24-5-4-14-27-24)21-8-6-20(7-9-21)17-30-23-12-10-22(11-13-23)25(29)16-26-3;1-10(2,3)14-9(13)11-6-4-5-8(11)7-12/h6-13,24,26-28H,1-2,4-5,14-17H2,3H3;7-8H,4-6H2,1-3H3. The summed E-state index contributed by atoms with van der Waals surface area (Å²) >= 11 is 0. The first-order valence-corrected chi connectivity index (χ1v) is 15.3. The summed E-state index contributed by atoms with van der Waals surface area (Å²) in [5.41, 5.74) is 4.44. The van der Waals surface area contributed by atoms with Gasteiger partial charge < -0.3 is 30.2 Å². The molecular formula is C35H48N4O5. The first-order valence-electron chi connectivity index (χ1n) is 15.3. The molecule has 0 saturated carbocycles. The normalized spacial score (nSPS) is 17.7. The van der Waals surface area contributed by atoms with E-state index in [1.807, 2.05) is 32.9 Å². The monoisotopic (exact) mass is 604 g/mol. The Kier molecular flexibility index (Phi) is 13.2. The lowest BCUT2D eigenvalue weighted by Gasteiger charge is -2.26. The molecule has 0 bridgehead atoms. The largest absolute Gasteiger partial charge is 0.489 e. The summed E-state index contributed by atoms with van der Waals surface area (Å²) in [6, 6.07) is 15.6. The molecular weight excluding hydrogens is 556 g/mol. The number of benzene rings is 2. The van der Waals surface area contributed by atoms with Gasteiger partial charge in [-0.3, -0.25) is 9.69 Å². The van der Waals surface area contributed by atoms with Crippen LogP contribution in [0, 0.1) is 0 Å². The summed E-state index contributed by atoms with van der Waals surface area (Å²) < 4.78 is 11.0. The quantitative estimate of drug-likeness (QED) is 0.226. The maximum absolute atomic E-state index is 11.8. The van der Waals surface area contributed by atoms with E-state index in [0.717, 1.165) is 60.2 Å². The Labute approximate surface area is 262 Å². The minimum absolute atomic E-state index is 0.0671. The number of ketones is 1. The van der Waals surface area contributed by atoms with Gasteiger partial charge in [0.25, 0.3) is 0 Å². The van der Waals surface area contributed by atoms with Crippen molar-refractivity contribution in [3.05, 3.63) is 84.1 Å². The second kappa shape index (κ2) is 16.8. The summed E-state index contributed by atoms with van der Waals surface area (Å²) in [5.74, 6) is 0.810. The Morgan fingerprint density at radius 3 is 2.27 bits per heavy atom. The van der Waals surface area contributed by atoms with Crippen LogP contribution in [0.2, 0.25) is 0 Å². The van der Waals surface area contributed by atoms with Gasteiger partial charge in [-0.1, -0.05) is 37.4 Å². The smallest absolute Gasteiger partial charge is 0.410 e. The summed E-state index contributed by atoms with van der Waals surface area (Å²) in [6.45, 7) is 17.0. The number of amides is 1. The number of likely N-dealkylation sites (tertiary alicyclic amines) is 1. The first kappa shape index (κ1) is 34.5. The number of Topliss-reactive ketones (excluding diaryl/α,β-unsaturated/α-hetero) is 1. The van der Waals surface area contributed by atoms with Crippen molar-refractivity contribution in [1.82, 2.24) is 20.9 Å². The second-order valence-corrected chi connectivity index (χ2v) is 12.1. The lowest BCUT2D eigenvalue weighted by Crippen LogP contribution is -2.40. The molecule has 2 aromatic carbocycles. The van der Waals surface area contributed by atoms with Gasteiger partial charge in [-0.25, -0.2) is 4.79 Å². The summed E-state index contributed by atoms with van der Waals surface area (Å²) in [6.07, 6.45) is 4.41.